The highest BCUT2D eigenvalue weighted by molar-refractivity contribution is 5.95. The van der Waals surface area contributed by atoms with Crippen LogP contribution in [0.3, 0.4) is 0 Å². The molecule has 0 aliphatic carbocycles. The van der Waals surface area contributed by atoms with Crippen molar-refractivity contribution in [1.82, 2.24) is 9.88 Å². The van der Waals surface area contributed by atoms with Crippen LogP contribution in [-0.2, 0) is 0 Å². The number of fused-ring (bicyclic) bond motifs is 1. The van der Waals surface area contributed by atoms with E-state index < -0.39 is 5.97 Å². The van der Waals surface area contributed by atoms with Gasteiger partial charge in [-0.15, -0.1) is 0 Å². The molecular formula is C15H21N3O2. The zero-order valence-corrected chi connectivity index (χ0v) is 11.9. The molecule has 1 aromatic rings. The molecule has 0 spiro atoms. The lowest BCUT2D eigenvalue weighted by atomic mass is 10.1. The number of rotatable bonds is 2. The Morgan fingerprint density at radius 3 is 2.95 bits per heavy atom. The molecule has 1 aromatic heterocycles. The Balaban J connectivity index is 1.92. The lowest BCUT2D eigenvalue weighted by molar-refractivity contribution is 0.0696. The smallest absolute Gasteiger partial charge is 0.339 e. The van der Waals surface area contributed by atoms with Crippen LogP contribution in [0, 0.1) is 6.92 Å². The van der Waals surface area contributed by atoms with Gasteiger partial charge >= 0.3 is 5.97 Å². The van der Waals surface area contributed by atoms with Crippen molar-refractivity contribution in [3.8, 4) is 0 Å². The van der Waals surface area contributed by atoms with Crippen LogP contribution < -0.4 is 4.90 Å². The summed E-state index contributed by atoms with van der Waals surface area (Å²) in [7, 11) is 0. The summed E-state index contributed by atoms with van der Waals surface area (Å²) in [5.74, 6) is -0.232. The number of hydrogen-bond acceptors (Lipinski definition) is 4. The standard InChI is InChI=1S/C15H21N3O2/c1-11-5-6-16-14(13(11)15(19)20)18-9-3-8-17-7-2-4-12(17)10-18/h5-6,12H,2-4,7-10H2,1H3,(H,19,20). The van der Waals surface area contributed by atoms with Crippen molar-refractivity contribution < 1.29 is 9.90 Å². The number of carboxylic acid groups (broad SMARTS) is 1. The number of aromatic carboxylic acids is 1. The van der Waals surface area contributed by atoms with Gasteiger partial charge in [-0.2, -0.15) is 0 Å². The van der Waals surface area contributed by atoms with Crippen molar-refractivity contribution in [3.63, 3.8) is 0 Å². The molecule has 3 rings (SSSR count). The fourth-order valence-corrected chi connectivity index (χ4v) is 3.45. The van der Waals surface area contributed by atoms with Crippen molar-refractivity contribution in [2.75, 3.05) is 31.1 Å². The first-order valence-electron chi connectivity index (χ1n) is 7.34. The van der Waals surface area contributed by atoms with Gasteiger partial charge in [0.2, 0.25) is 0 Å². The number of carboxylic acids is 1. The minimum atomic E-state index is -0.877. The Labute approximate surface area is 119 Å². The molecule has 2 saturated heterocycles. The number of aromatic nitrogens is 1. The van der Waals surface area contributed by atoms with Gasteiger partial charge in [0, 0.05) is 31.9 Å². The Morgan fingerprint density at radius 2 is 2.15 bits per heavy atom. The average molecular weight is 275 g/mol. The summed E-state index contributed by atoms with van der Waals surface area (Å²) in [6.07, 6.45) is 5.26. The van der Waals surface area contributed by atoms with Crippen LogP contribution >= 0.6 is 0 Å². The van der Waals surface area contributed by atoms with E-state index in [9.17, 15) is 9.90 Å². The topological polar surface area (TPSA) is 56.7 Å². The van der Waals surface area contributed by atoms with Gasteiger partial charge in [-0.25, -0.2) is 9.78 Å². The van der Waals surface area contributed by atoms with Crippen LogP contribution in [-0.4, -0.2) is 53.2 Å². The van der Waals surface area contributed by atoms with Crippen LogP contribution in [0.4, 0.5) is 5.82 Å². The number of nitrogens with zero attached hydrogens (tertiary/aromatic N) is 3. The zero-order valence-electron chi connectivity index (χ0n) is 11.9. The molecule has 2 aliphatic rings. The quantitative estimate of drug-likeness (QED) is 0.891. The highest BCUT2D eigenvalue weighted by atomic mass is 16.4. The normalized spacial score (nSPS) is 23.4. The highest BCUT2D eigenvalue weighted by Crippen LogP contribution is 2.27. The summed E-state index contributed by atoms with van der Waals surface area (Å²) in [6, 6.07) is 2.33. The van der Waals surface area contributed by atoms with Crippen molar-refractivity contribution >= 4 is 11.8 Å². The number of aryl methyl sites for hydroxylation is 1. The van der Waals surface area contributed by atoms with Gasteiger partial charge in [-0.3, -0.25) is 4.90 Å². The molecule has 0 amide bonds. The van der Waals surface area contributed by atoms with Crippen LogP contribution in [0.15, 0.2) is 12.3 Å². The molecule has 2 fully saturated rings. The summed E-state index contributed by atoms with van der Waals surface area (Å²) in [5, 5.41) is 9.46. The fraction of sp³-hybridized carbons (Fsp3) is 0.600. The van der Waals surface area contributed by atoms with Crippen LogP contribution in [0.1, 0.15) is 35.2 Å². The molecule has 0 radical (unpaired) electrons. The molecule has 1 N–H and O–H groups in total. The average Bonchev–Trinajstić information content (AvgIpc) is 2.75. The Bertz CT molecular complexity index is 518. The zero-order chi connectivity index (χ0) is 14.1. The number of hydrogen-bond donors (Lipinski definition) is 1. The largest absolute Gasteiger partial charge is 0.478 e. The van der Waals surface area contributed by atoms with Gasteiger partial charge in [0.15, 0.2) is 0 Å². The third-order valence-corrected chi connectivity index (χ3v) is 4.46. The molecule has 5 nitrogen and oxygen atoms in total. The van der Waals surface area contributed by atoms with Crippen LogP contribution in [0.5, 0.6) is 0 Å². The van der Waals surface area contributed by atoms with E-state index >= 15 is 0 Å². The predicted octanol–water partition coefficient (Wildman–Crippen LogP) is 1.76. The lowest BCUT2D eigenvalue weighted by Crippen LogP contribution is -2.37. The first-order valence-corrected chi connectivity index (χ1v) is 7.34. The van der Waals surface area contributed by atoms with Crippen molar-refractivity contribution in [1.29, 1.82) is 0 Å². The summed E-state index contributed by atoms with van der Waals surface area (Å²) in [4.78, 5) is 20.6. The van der Waals surface area contributed by atoms with E-state index in [1.165, 1.54) is 19.4 Å². The molecule has 0 saturated carbocycles. The maximum absolute atomic E-state index is 11.5. The van der Waals surface area contributed by atoms with E-state index in [2.05, 4.69) is 14.8 Å². The summed E-state index contributed by atoms with van der Waals surface area (Å²) < 4.78 is 0. The van der Waals surface area contributed by atoms with E-state index in [4.69, 9.17) is 0 Å². The third-order valence-electron chi connectivity index (χ3n) is 4.46. The van der Waals surface area contributed by atoms with E-state index in [0.29, 0.717) is 17.4 Å². The molecule has 1 unspecified atom stereocenters. The molecule has 0 bridgehead atoms. The first kappa shape index (κ1) is 13.4. The molecule has 3 heterocycles. The molecule has 108 valence electrons. The Morgan fingerprint density at radius 1 is 1.35 bits per heavy atom. The minimum Gasteiger partial charge on any atom is -0.478 e. The van der Waals surface area contributed by atoms with Gasteiger partial charge in [-0.05, 0) is 44.4 Å². The molecule has 2 aliphatic heterocycles. The Kier molecular flexibility index (Phi) is 3.61. The second-order valence-corrected chi connectivity index (χ2v) is 5.76. The summed E-state index contributed by atoms with van der Waals surface area (Å²) in [5.41, 5.74) is 1.15. The SMILES string of the molecule is Cc1ccnc(N2CCCN3CCCC3C2)c1C(=O)O. The van der Waals surface area contributed by atoms with Crippen molar-refractivity contribution in [2.45, 2.75) is 32.2 Å². The molecular weight excluding hydrogens is 254 g/mol. The minimum absolute atomic E-state index is 0.360. The number of carbonyl (C=O) groups is 1. The van der Waals surface area contributed by atoms with Crippen LogP contribution in [0.2, 0.25) is 0 Å². The van der Waals surface area contributed by atoms with E-state index in [1.807, 2.05) is 6.92 Å². The number of pyridine rings is 1. The van der Waals surface area contributed by atoms with Gasteiger partial charge in [0.05, 0.1) is 0 Å². The maximum Gasteiger partial charge on any atom is 0.339 e. The van der Waals surface area contributed by atoms with Crippen LogP contribution in [0.25, 0.3) is 0 Å². The summed E-state index contributed by atoms with van der Waals surface area (Å²) >= 11 is 0. The van der Waals surface area contributed by atoms with Gasteiger partial charge < -0.3 is 10.0 Å². The molecule has 0 aromatic carbocycles. The number of anilines is 1. The molecule has 1 atom stereocenters. The predicted molar refractivity (Wildman–Crippen MR) is 77.4 cm³/mol. The second-order valence-electron chi connectivity index (χ2n) is 5.76. The Hall–Kier alpha value is -1.62. The summed E-state index contributed by atoms with van der Waals surface area (Å²) in [6.45, 7) is 5.94. The lowest BCUT2D eigenvalue weighted by Gasteiger charge is -2.27. The first-order chi connectivity index (χ1) is 9.66. The fourth-order valence-electron chi connectivity index (χ4n) is 3.45. The van der Waals surface area contributed by atoms with Gasteiger partial charge in [0.1, 0.15) is 11.4 Å². The maximum atomic E-state index is 11.5. The third kappa shape index (κ3) is 2.38. The van der Waals surface area contributed by atoms with E-state index in [0.717, 1.165) is 31.6 Å². The monoisotopic (exact) mass is 275 g/mol. The van der Waals surface area contributed by atoms with Crippen molar-refractivity contribution in [2.24, 2.45) is 0 Å². The molecule has 5 heteroatoms. The van der Waals surface area contributed by atoms with Gasteiger partial charge in [-0.1, -0.05) is 0 Å². The highest BCUT2D eigenvalue weighted by Gasteiger charge is 2.30. The van der Waals surface area contributed by atoms with Gasteiger partial charge in [0.25, 0.3) is 0 Å². The molecule has 20 heavy (non-hydrogen) atoms. The van der Waals surface area contributed by atoms with E-state index in [-0.39, 0.29) is 0 Å². The van der Waals surface area contributed by atoms with Crippen molar-refractivity contribution in [3.05, 3.63) is 23.4 Å². The second kappa shape index (κ2) is 5.40. The van der Waals surface area contributed by atoms with E-state index in [1.54, 1.807) is 12.3 Å².